The molecule has 4 amide bonds. The van der Waals surface area contributed by atoms with Crippen molar-refractivity contribution in [1.29, 1.82) is 0 Å². The Bertz CT molecular complexity index is 1380. The van der Waals surface area contributed by atoms with Crippen LogP contribution < -0.4 is 16.4 Å². The molecule has 0 aliphatic rings. The second kappa shape index (κ2) is 16.9. The summed E-state index contributed by atoms with van der Waals surface area (Å²) in [6.07, 6.45) is -0.0901. The van der Waals surface area contributed by atoms with E-state index < -0.39 is 65.5 Å². The van der Waals surface area contributed by atoms with Gasteiger partial charge in [-0.3, -0.25) is 14.4 Å². The number of nitrogens with zero attached hydrogens (tertiary/aromatic N) is 1. The van der Waals surface area contributed by atoms with Crippen LogP contribution in [0.4, 0.5) is 4.79 Å². The molecule has 0 saturated heterocycles. The number of rotatable bonds is 14. The van der Waals surface area contributed by atoms with E-state index >= 15 is 0 Å². The monoisotopic (exact) mass is 652 g/mol. The van der Waals surface area contributed by atoms with Crippen LogP contribution in [0, 0.1) is 13.8 Å². The first-order valence-corrected chi connectivity index (χ1v) is 16.0. The minimum absolute atomic E-state index is 0.113. The Morgan fingerprint density at radius 3 is 1.91 bits per heavy atom. The summed E-state index contributed by atoms with van der Waals surface area (Å²) in [6.45, 7) is 16.0. The number of benzene rings is 2. The summed E-state index contributed by atoms with van der Waals surface area (Å²) in [5, 5.41) is 5.37. The van der Waals surface area contributed by atoms with E-state index in [-0.39, 0.29) is 13.0 Å². The number of nitrogens with two attached hydrogens (primary N) is 1. The van der Waals surface area contributed by atoms with Crippen LogP contribution in [0.1, 0.15) is 96.0 Å². The fourth-order valence-corrected chi connectivity index (χ4v) is 5.05. The molecule has 0 spiro atoms. The second-order valence-electron chi connectivity index (χ2n) is 13.9. The Hall–Kier alpha value is -4.41. The molecule has 4 N–H and O–H groups in total. The number of aryl methyl sites for hydroxylation is 2. The number of unbranched alkanes of at least 4 members (excludes halogenated alkanes) is 1. The van der Waals surface area contributed by atoms with Crippen LogP contribution in [0.5, 0.6) is 0 Å². The van der Waals surface area contributed by atoms with Gasteiger partial charge in [0, 0.05) is 13.0 Å². The van der Waals surface area contributed by atoms with Crippen molar-refractivity contribution >= 4 is 29.8 Å². The van der Waals surface area contributed by atoms with E-state index in [1.165, 1.54) is 4.90 Å². The predicted molar refractivity (Wildman–Crippen MR) is 180 cm³/mol. The second-order valence-corrected chi connectivity index (χ2v) is 13.9. The molecule has 11 heteroatoms. The number of esters is 1. The van der Waals surface area contributed by atoms with Gasteiger partial charge in [0.1, 0.15) is 29.3 Å². The highest BCUT2D eigenvalue weighted by Crippen LogP contribution is 2.27. The molecule has 0 aliphatic carbocycles. The van der Waals surface area contributed by atoms with Crippen molar-refractivity contribution in [1.82, 2.24) is 15.5 Å². The molecule has 0 aliphatic heterocycles. The Kier molecular flexibility index (Phi) is 14.0. The molecule has 0 heterocycles. The lowest BCUT2D eigenvalue weighted by atomic mass is 9.97. The number of nitrogens with one attached hydrogen (secondary N) is 2. The molecule has 11 nitrogen and oxygen atoms in total. The van der Waals surface area contributed by atoms with Gasteiger partial charge in [-0.05, 0) is 72.9 Å². The van der Waals surface area contributed by atoms with E-state index in [0.29, 0.717) is 18.4 Å². The van der Waals surface area contributed by atoms with Gasteiger partial charge in [-0.1, -0.05) is 73.0 Å². The average Bonchev–Trinajstić information content (AvgIpc) is 2.92. The van der Waals surface area contributed by atoms with Gasteiger partial charge in [0.2, 0.25) is 17.7 Å². The molecule has 47 heavy (non-hydrogen) atoms. The number of hydrogen-bond donors (Lipinski definition) is 3. The Morgan fingerprint density at radius 1 is 0.830 bits per heavy atom. The summed E-state index contributed by atoms with van der Waals surface area (Å²) in [7, 11) is 0. The van der Waals surface area contributed by atoms with Crippen LogP contribution in [-0.4, -0.2) is 64.5 Å². The van der Waals surface area contributed by atoms with Gasteiger partial charge in [-0.2, -0.15) is 0 Å². The van der Waals surface area contributed by atoms with Crippen LogP contribution in [0.2, 0.25) is 0 Å². The molecule has 2 rings (SSSR count). The van der Waals surface area contributed by atoms with Crippen molar-refractivity contribution in [3.63, 3.8) is 0 Å². The third-order valence-corrected chi connectivity index (χ3v) is 6.84. The van der Waals surface area contributed by atoms with Crippen LogP contribution in [0.3, 0.4) is 0 Å². The minimum Gasteiger partial charge on any atom is -0.458 e. The Labute approximate surface area is 278 Å². The van der Waals surface area contributed by atoms with E-state index in [1.807, 2.05) is 57.2 Å². The van der Waals surface area contributed by atoms with Crippen molar-refractivity contribution in [2.24, 2.45) is 5.73 Å². The van der Waals surface area contributed by atoms with Gasteiger partial charge >= 0.3 is 12.1 Å². The SMILES string of the molecule is CCCCN(C(=O)C(CC(N)=O)NC(=O)OC(C)(C)C)C(C(=O)NC(Cc1ccccc1)C(=O)OC(C)(C)C)c1cc(C)cc(C)c1. The molecular formula is C36H52N4O7. The molecule has 3 unspecified atom stereocenters. The smallest absolute Gasteiger partial charge is 0.408 e. The number of hydrogen-bond acceptors (Lipinski definition) is 7. The van der Waals surface area contributed by atoms with Gasteiger partial charge in [-0.25, -0.2) is 9.59 Å². The lowest BCUT2D eigenvalue weighted by Gasteiger charge is -2.35. The summed E-state index contributed by atoms with van der Waals surface area (Å²) in [4.78, 5) is 68.5. The normalized spacial score (nSPS) is 13.5. The zero-order valence-corrected chi connectivity index (χ0v) is 29.3. The number of carbonyl (C=O) groups is 5. The topological polar surface area (TPSA) is 157 Å². The van der Waals surface area contributed by atoms with Gasteiger partial charge in [0.05, 0.1) is 6.42 Å². The summed E-state index contributed by atoms with van der Waals surface area (Å²) in [6, 6.07) is 11.0. The van der Waals surface area contributed by atoms with Gasteiger partial charge in [-0.15, -0.1) is 0 Å². The lowest BCUT2D eigenvalue weighted by Crippen LogP contribution is -2.55. The molecule has 0 fully saturated rings. The summed E-state index contributed by atoms with van der Waals surface area (Å²) >= 11 is 0. The van der Waals surface area contributed by atoms with Gasteiger partial charge in [0.15, 0.2) is 0 Å². The standard InChI is InChI=1S/C36H52N4O7/c1-10-11-17-40(32(43)27(22-29(37)41)39-34(45)47-36(7,8)9)30(26-19-23(2)18-24(3)20-26)31(42)38-28(33(44)46-35(4,5)6)21-25-15-13-12-14-16-25/h12-16,18-20,27-28,30H,10-11,17,21-22H2,1-9H3,(H2,37,41)(H,38,42)(H,39,45). The summed E-state index contributed by atoms with van der Waals surface area (Å²) in [5.74, 6) is -2.77. The van der Waals surface area contributed by atoms with Crippen LogP contribution >= 0.6 is 0 Å². The van der Waals surface area contributed by atoms with Crippen molar-refractivity contribution in [2.45, 2.75) is 117 Å². The van der Waals surface area contributed by atoms with E-state index in [2.05, 4.69) is 10.6 Å². The number of primary amides is 1. The first kappa shape index (κ1) is 38.8. The maximum absolute atomic E-state index is 14.5. The van der Waals surface area contributed by atoms with Crippen molar-refractivity contribution in [3.8, 4) is 0 Å². The molecule has 258 valence electrons. The molecular weight excluding hydrogens is 600 g/mol. The minimum atomic E-state index is -1.41. The first-order chi connectivity index (χ1) is 21.8. The zero-order chi connectivity index (χ0) is 35.5. The maximum atomic E-state index is 14.5. The molecule has 0 aromatic heterocycles. The van der Waals surface area contributed by atoms with Crippen molar-refractivity contribution in [2.75, 3.05) is 6.54 Å². The van der Waals surface area contributed by atoms with Crippen molar-refractivity contribution < 1.29 is 33.4 Å². The summed E-state index contributed by atoms with van der Waals surface area (Å²) in [5.41, 5.74) is 6.84. The van der Waals surface area contributed by atoms with Crippen LogP contribution in [-0.2, 0) is 35.1 Å². The quantitative estimate of drug-likeness (QED) is 0.247. The van der Waals surface area contributed by atoms with Crippen LogP contribution in [0.15, 0.2) is 48.5 Å². The highest BCUT2D eigenvalue weighted by atomic mass is 16.6. The maximum Gasteiger partial charge on any atom is 0.408 e. The third-order valence-electron chi connectivity index (χ3n) is 6.84. The molecule has 0 saturated carbocycles. The summed E-state index contributed by atoms with van der Waals surface area (Å²) < 4.78 is 11.0. The number of alkyl carbamates (subject to hydrolysis) is 1. The van der Waals surface area contributed by atoms with E-state index in [9.17, 15) is 24.0 Å². The highest BCUT2D eigenvalue weighted by molar-refractivity contribution is 5.95. The highest BCUT2D eigenvalue weighted by Gasteiger charge is 2.39. The molecule has 2 aromatic carbocycles. The van der Waals surface area contributed by atoms with Crippen molar-refractivity contribution in [3.05, 3.63) is 70.8 Å². The van der Waals surface area contributed by atoms with E-state index in [0.717, 1.165) is 16.7 Å². The fourth-order valence-electron chi connectivity index (χ4n) is 5.05. The third kappa shape index (κ3) is 13.5. The average molecular weight is 653 g/mol. The van der Waals surface area contributed by atoms with E-state index in [1.54, 1.807) is 53.7 Å². The predicted octanol–water partition coefficient (Wildman–Crippen LogP) is 4.81. The van der Waals surface area contributed by atoms with Gasteiger partial charge < -0.3 is 30.7 Å². The lowest BCUT2D eigenvalue weighted by molar-refractivity contribution is -0.159. The molecule has 0 bridgehead atoms. The van der Waals surface area contributed by atoms with Crippen LogP contribution in [0.25, 0.3) is 0 Å². The number of amides is 4. The van der Waals surface area contributed by atoms with Gasteiger partial charge in [0.25, 0.3) is 0 Å². The zero-order valence-electron chi connectivity index (χ0n) is 29.3. The Balaban J connectivity index is 2.66. The molecule has 3 atom stereocenters. The first-order valence-electron chi connectivity index (χ1n) is 16.0. The number of carbonyl (C=O) groups excluding carboxylic acids is 5. The largest absolute Gasteiger partial charge is 0.458 e. The molecule has 0 radical (unpaired) electrons. The number of ether oxygens (including phenoxy) is 2. The fraction of sp³-hybridized carbons (Fsp3) is 0.528. The Morgan fingerprint density at radius 2 is 1.40 bits per heavy atom. The van der Waals surface area contributed by atoms with E-state index in [4.69, 9.17) is 15.2 Å². The molecule has 2 aromatic rings.